The van der Waals surface area contributed by atoms with Crippen molar-refractivity contribution in [2.45, 2.75) is 20.3 Å². The van der Waals surface area contributed by atoms with Gasteiger partial charge in [0, 0.05) is 23.5 Å². The summed E-state index contributed by atoms with van der Waals surface area (Å²) in [5.74, 6) is 0.915. The van der Waals surface area contributed by atoms with Crippen molar-refractivity contribution >= 4 is 5.78 Å². The number of H-pyrrole nitrogens is 1. The van der Waals surface area contributed by atoms with Gasteiger partial charge >= 0.3 is 0 Å². The highest BCUT2D eigenvalue weighted by Gasteiger charge is 2.08. The predicted molar refractivity (Wildman–Crippen MR) is 51.8 cm³/mol. The first kappa shape index (κ1) is 8.31. The Balaban J connectivity index is 2.63. The average molecular weight is 178 g/mol. The number of aromatic nitrogens is 3. The number of nitrogens with one attached hydrogen (secondary N) is 1. The third-order valence-corrected chi connectivity index (χ3v) is 2.41. The van der Waals surface area contributed by atoms with Crippen molar-refractivity contribution in [1.29, 1.82) is 0 Å². The topological polar surface area (TPSA) is 59.1 Å². The Morgan fingerprint density at radius 2 is 2.31 bits per heavy atom. The molecule has 2 heterocycles. The molecule has 0 unspecified atom stereocenters. The maximum absolute atomic E-state index is 5.52. The first-order valence-corrected chi connectivity index (χ1v) is 4.45. The van der Waals surface area contributed by atoms with E-state index in [1.165, 1.54) is 17.1 Å². The monoisotopic (exact) mass is 178 g/mol. The van der Waals surface area contributed by atoms with E-state index in [2.05, 4.69) is 28.2 Å². The number of aryl methyl sites for hydroxylation is 2. The van der Waals surface area contributed by atoms with Crippen molar-refractivity contribution in [3.05, 3.63) is 23.3 Å². The van der Waals surface area contributed by atoms with Crippen LogP contribution in [0.3, 0.4) is 0 Å². The van der Waals surface area contributed by atoms with E-state index in [1.54, 1.807) is 0 Å². The molecule has 2 rings (SSSR count). The van der Waals surface area contributed by atoms with E-state index in [4.69, 9.17) is 5.73 Å². The second kappa shape index (κ2) is 2.88. The smallest absolute Gasteiger partial charge is 0.211 e. The standard InChI is InChI=1S/C9H14N4/c1-6-7(2)13-8(3-4-10)5-11-9(13)12-6/h5H,3-4,10H2,1-2H3,(H,11,12). The lowest BCUT2D eigenvalue weighted by Crippen LogP contribution is -2.05. The molecule has 2 aromatic rings. The fourth-order valence-electron chi connectivity index (χ4n) is 1.60. The van der Waals surface area contributed by atoms with Crippen LogP contribution < -0.4 is 5.73 Å². The number of imidazole rings is 2. The minimum absolute atomic E-state index is 0.664. The lowest BCUT2D eigenvalue weighted by atomic mass is 10.3. The number of hydrogen-bond donors (Lipinski definition) is 2. The molecule has 3 N–H and O–H groups in total. The molecule has 0 bridgehead atoms. The van der Waals surface area contributed by atoms with E-state index >= 15 is 0 Å². The molecule has 0 saturated heterocycles. The van der Waals surface area contributed by atoms with Crippen LogP contribution in [0.5, 0.6) is 0 Å². The third kappa shape index (κ3) is 1.14. The normalized spacial score (nSPS) is 11.3. The largest absolute Gasteiger partial charge is 0.330 e. The highest BCUT2D eigenvalue weighted by Crippen LogP contribution is 2.12. The minimum atomic E-state index is 0.664. The molecule has 0 spiro atoms. The van der Waals surface area contributed by atoms with Crippen LogP contribution in [0, 0.1) is 13.8 Å². The summed E-state index contributed by atoms with van der Waals surface area (Å²) in [7, 11) is 0. The summed E-state index contributed by atoms with van der Waals surface area (Å²) in [6.45, 7) is 4.80. The summed E-state index contributed by atoms with van der Waals surface area (Å²) in [4.78, 5) is 7.49. The predicted octanol–water partition coefficient (Wildman–Crippen LogP) is 0.780. The molecule has 4 heteroatoms. The zero-order valence-electron chi connectivity index (χ0n) is 7.96. The van der Waals surface area contributed by atoms with Gasteiger partial charge in [0.2, 0.25) is 5.78 Å². The van der Waals surface area contributed by atoms with E-state index < -0.39 is 0 Å². The molecule has 13 heavy (non-hydrogen) atoms. The Bertz CT molecular complexity index is 424. The summed E-state index contributed by atoms with van der Waals surface area (Å²) >= 11 is 0. The molecular formula is C9H14N4. The number of fused-ring (bicyclic) bond motifs is 1. The Morgan fingerprint density at radius 1 is 1.54 bits per heavy atom. The summed E-state index contributed by atoms with van der Waals surface area (Å²) < 4.78 is 2.13. The van der Waals surface area contributed by atoms with Crippen molar-refractivity contribution in [2.75, 3.05) is 6.54 Å². The van der Waals surface area contributed by atoms with Gasteiger partial charge < -0.3 is 10.7 Å². The first-order valence-electron chi connectivity index (χ1n) is 4.45. The van der Waals surface area contributed by atoms with Gasteiger partial charge in [0.25, 0.3) is 0 Å². The van der Waals surface area contributed by atoms with Gasteiger partial charge in [-0.1, -0.05) is 0 Å². The van der Waals surface area contributed by atoms with Crippen molar-refractivity contribution in [1.82, 2.24) is 14.4 Å². The molecule has 0 fully saturated rings. The van der Waals surface area contributed by atoms with E-state index in [0.717, 1.165) is 12.2 Å². The number of nitrogens with zero attached hydrogens (tertiary/aromatic N) is 2. The van der Waals surface area contributed by atoms with Gasteiger partial charge in [-0.05, 0) is 20.4 Å². The lowest BCUT2D eigenvalue weighted by Gasteiger charge is -1.97. The second-order valence-corrected chi connectivity index (χ2v) is 3.28. The third-order valence-electron chi connectivity index (χ3n) is 2.41. The van der Waals surface area contributed by atoms with Crippen molar-refractivity contribution < 1.29 is 0 Å². The zero-order valence-corrected chi connectivity index (χ0v) is 7.96. The number of rotatable bonds is 2. The molecule has 4 nitrogen and oxygen atoms in total. The van der Waals surface area contributed by atoms with Gasteiger partial charge in [0.1, 0.15) is 0 Å². The molecule has 0 amide bonds. The Labute approximate surface area is 76.8 Å². The molecule has 2 aromatic heterocycles. The van der Waals surface area contributed by atoms with Gasteiger partial charge in [-0.15, -0.1) is 0 Å². The zero-order chi connectivity index (χ0) is 9.42. The highest BCUT2D eigenvalue weighted by atomic mass is 15.1. The van der Waals surface area contributed by atoms with E-state index in [-0.39, 0.29) is 0 Å². The summed E-state index contributed by atoms with van der Waals surface area (Å²) in [6.07, 6.45) is 2.75. The van der Waals surface area contributed by atoms with Gasteiger partial charge in [-0.3, -0.25) is 4.40 Å². The fraction of sp³-hybridized carbons (Fsp3) is 0.444. The fourth-order valence-corrected chi connectivity index (χ4v) is 1.60. The van der Waals surface area contributed by atoms with Gasteiger partial charge in [0.05, 0.1) is 6.20 Å². The average Bonchev–Trinajstić information content (AvgIpc) is 2.58. The summed E-state index contributed by atoms with van der Waals surface area (Å²) in [5.41, 5.74) is 9.08. The molecule has 0 aliphatic carbocycles. The van der Waals surface area contributed by atoms with Crippen molar-refractivity contribution in [3.8, 4) is 0 Å². The van der Waals surface area contributed by atoms with Crippen LogP contribution in [0.4, 0.5) is 0 Å². The van der Waals surface area contributed by atoms with Gasteiger partial charge in [0.15, 0.2) is 0 Å². The summed E-state index contributed by atoms with van der Waals surface area (Å²) in [5, 5.41) is 0. The van der Waals surface area contributed by atoms with Crippen LogP contribution in [-0.4, -0.2) is 20.9 Å². The Morgan fingerprint density at radius 3 is 3.00 bits per heavy atom. The molecule has 0 aliphatic rings. The Kier molecular flexibility index (Phi) is 1.84. The number of aromatic amines is 1. The Hall–Kier alpha value is -1.29. The molecular weight excluding hydrogens is 164 g/mol. The van der Waals surface area contributed by atoms with Crippen LogP contribution in [-0.2, 0) is 6.42 Å². The quantitative estimate of drug-likeness (QED) is 0.714. The molecule has 0 aliphatic heterocycles. The van der Waals surface area contributed by atoms with Crippen LogP contribution >= 0.6 is 0 Å². The molecule has 0 aromatic carbocycles. The maximum Gasteiger partial charge on any atom is 0.211 e. The van der Waals surface area contributed by atoms with E-state index in [0.29, 0.717) is 6.54 Å². The second-order valence-electron chi connectivity index (χ2n) is 3.28. The highest BCUT2D eigenvalue weighted by molar-refractivity contribution is 5.38. The van der Waals surface area contributed by atoms with Gasteiger partial charge in [-0.25, -0.2) is 4.98 Å². The van der Waals surface area contributed by atoms with E-state index in [1.807, 2.05) is 6.20 Å². The van der Waals surface area contributed by atoms with Crippen molar-refractivity contribution in [3.63, 3.8) is 0 Å². The summed E-state index contributed by atoms with van der Waals surface area (Å²) in [6, 6.07) is 0. The maximum atomic E-state index is 5.52. The lowest BCUT2D eigenvalue weighted by molar-refractivity contribution is 0.893. The molecule has 70 valence electrons. The molecule has 0 saturated carbocycles. The van der Waals surface area contributed by atoms with Crippen molar-refractivity contribution in [2.24, 2.45) is 5.73 Å². The number of nitrogens with two attached hydrogens (primary N) is 1. The molecule has 0 atom stereocenters. The van der Waals surface area contributed by atoms with Gasteiger partial charge in [-0.2, -0.15) is 0 Å². The van der Waals surface area contributed by atoms with Crippen LogP contribution in [0.25, 0.3) is 5.78 Å². The van der Waals surface area contributed by atoms with Crippen LogP contribution in [0.1, 0.15) is 17.1 Å². The minimum Gasteiger partial charge on any atom is -0.330 e. The first-order chi connectivity index (χ1) is 6.24. The van der Waals surface area contributed by atoms with Crippen LogP contribution in [0.2, 0.25) is 0 Å². The van der Waals surface area contributed by atoms with Crippen LogP contribution in [0.15, 0.2) is 6.20 Å². The molecule has 0 radical (unpaired) electrons. The van der Waals surface area contributed by atoms with E-state index in [9.17, 15) is 0 Å². The SMILES string of the molecule is Cc1[nH]c2ncc(CCN)n2c1C. The number of hydrogen-bond acceptors (Lipinski definition) is 2.